The zero-order valence-corrected chi connectivity index (χ0v) is 11.7. The molecule has 0 aliphatic carbocycles. The van der Waals surface area contributed by atoms with E-state index in [0.717, 1.165) is 16.8 Å². The van der Waals surface area contributed by atoms with E-state index in [-0.39, 0.29) is 0 Å². The Labute approximate surface area is 118 Å². The molecular weight excluding hydrogens is 244 g/mol. The van der Waals surface area contributed by atoms with Crippen LogP contribution in [0.1, 0.15) is 11.1 Å². The van der Waals surface area contributed by atoms with E-state index in [1.165, 1.54) is 16.5 Å². The Morgan fingerprint density at radius 1 is 0.700 bits per heavy atom. The molecular formula is C18H16N2. The molecule has 3 rings (SSSR count). The van der Waals surface area contributed by atoms with Crippen molar-refractivity contribution in [3.8, 4) is 0 Å². The van der Waals surface area contributed by atoms with Crippen molar-refractivity contribution >= 4 is 22.1 Å². The Balaban J connectivity index is 2.00. The van der Waals surface area contributed by atoms with Crippen LogP contribution >= 0.6 is 0 Å². The van der Waals surface area contributed by atoms with E-state index >= 15 is 0 Å². The second kappa shape index (κ2) is 5.25. The molecule has 0 unspecified atom stereocenters. The van der Waals surface area contributed by atoms with Gasteiger partial charge in [-0.05, 0) is 37.4 Å². The normalized spacial score (nSPS) is 11.3. The lowest BCUT2D eigenvalue weighted by molar-refractivity contribution is 1.24. The van der Waals surface area contributed by atoms with Crippen LogP contribution in [0.5, 0.6) is 0 Å². The summed E-state index contributed by atoms with van der Waals surface area (Å²) in [7, 11) is 0. The van der Waals surface area contributed by atoms with Crippen LogP contribution in [0.4, 0.5) is 11.4 Å². The van der Waals surface area contributed by atoms with Gasteiger partial charge in [0.1, 0.15) is 0 Å². The number of hydrogen-bond acceptors (Lipinski definition) is 2. The lowest BCUT2D eigenvalue weighted by atomic mass is 10.1. The molecule has 0 aliphatic rings. The molecule has 0 amide bonds. The summed E-state index contributed by atoms with van der Waals surface area (Å²) in [6.07, 6.45) is 0. The average Bonchev–Trinajstić information content (AvgIpc) is 2.46. The summed E-state index contributed by atoms with van der Waals surface area (Å²) in [5, 5.41) is 11.0. The first-order valence-corrected chi connectivity index (χ1v) is 6.70. The quantitative estimate of drug-likeness (QED) is 0.515. The Hall–Kier alpha value is -2.48. The molecule has 0 heterocycles. The number of benzene rings is 3. The molecule has 98 valence electrons. The van der Waals surface area contributed by atoms with Crippen molar-refractivity contribution in [2.75, 3.05) is 0 Å². The van der Waals surface area contributed by atoms with Gasteiger partial charge in [-0.15, -0.1) is 5.11 Å². The third-order valence-electron chi connectivity index (χ3n) is 3.32. The number of hydrogen-bond donors (Lipinski definition) is 0. The second-order valence-corrected chi connectivity index (χ2v) is 5.04. The molecule has 0 atom stereocenters. The van der Waals surface area contributed by atoms with Crippen LogP contribution in [0.15, 0.2) is 70.9 Å². The van der Waals surface area contributed by atoms with Crippen molar-refractivity contribution in [2.45, 2.75) is 13.8 Å². The SMILES string of the molecule is Cc1ccc(N=Nc2cccc3cc(C)ccc23)cc1. The topological polar surface area (TPSA) is 24.7 Å². The van der Waals surface area contributed by atoms with E-state index in [0.29, 0.717) is 0 Å². The predicted octanol–water partition coefficient (Wildman–Crippen LogP) is 5.87. The minimum Gasteiger partial charge on any atom is -0.151 e. The molecule has 0 fully saturated rings. The Morgan fingerprint density at radius 3 is 2.25 bits per heavy atom. The molecule has 20 heavy (non-hydrogen) atoms. The van der Waals surface area contributed by atoms with Crippen LogP contribution < -0.4 is 0 Å². The highest BCUT2D eigenvalue weighted by molar-refractivity contribution is 5.92. The van der Waals surface area contributed by atoms with Crippen LogP contribution in [0, 0.1) is 13.8 Å². The highest BCUT2D eigenvalue weighted by Crippen LogP contribution is 2.28. The Morgan fingerprint density at radius 2 is 1.45 bits per heavy atom. The molecule has 0 saturated heterocycles. The van der Waals surface area contributed by atoms with Gasteiger partial charge in [-0.2, -0.15) is 5.11 Å². The fraction of sp³-hybridized carbons (Fsp3) is 0.111. The van der Waals surface area contributed by atoms with Gasteiger partial charge in [0.05, 0.1) is 11.4 Å². The molecule has 0 spiro atoms. The minimum atomic E-state index is 0.875. The van der Waals surface area contributed by atoms with Gasteiger partial charge >= 0.3 is 0 Å². The highest BCUT2D eigenvalue weighted by Gasteiger charge is 1.99. The summed E-state index contributed by atoms with van der Waals surface area (Å²) in [6.45, 7) is 4.16. The lowest BCUT2D eigenvalue weighted by Crippen LogP contribution is -1.76. The largest absolute Gasteiger partial charge is 0.151 e. The zero-order chi connectivity index (χ0) is 13.9. The van der Waals surface area contributed by atoms with Gasteiger partial charge in [-0.25, -0.2) is 0 Å². The monoisotopic (exact) mass is 260 g/mol. The summed E-state index contributed by atoms with van der Waals surface area (Å²) >= 11 is 0. The smallest absolute Gasteiger partial charge is 0.0935 e. The number of rotatable bonds is 2. The van der Waals surface area contributed by atoms with Gasteiger partial charge in [0.2, 0.25) is 0 Å². The van der Waals surface area contributed by atoms with Crippen LogP contribution in [0.3, 0.4) is 0 Å². The summed E-state index contributed by atoms with van der Waals surface area (Å²) < 4.78 is 0. The Bertz CT molecular complexity index is 771. The molecule has 0 N–H and O–H groups in total. The van der Waals surface area contributed by atoms with Crippen LogP contribution in [-0.2, 0) is 0 Å². The minimum absolute atomic E-state index is 0.875. The van der Waals surface area contributed by atoms with E-state index < -0.39 is 0 Å². The number of fused-ring (bicyclic) bond motifs is 1. The number of nitrogens with zero attached hydrogens (tertiary/aromatic N) is 2. The average molecular weight is 260 g/mol. The summed E-state index contributed by atoms with van der Waals surface area (Å²) in [4.78, 5) is 0. The molecule has 3 aromatic rings. The molecule has 3 aromatic carbocycles. The van der Waals surface area contributed by atoms with Crippen LogP contribution in [-0.4, -0.2) is 0 Å². The maximum Gasteiger partial charge on any atom is 0.0935 e. The highest BCUT2D eigenvalue weighted by atomic mass is 15.1. The molecule has 0 radical (unpaired) electrons. The van der Waals surface area contributed by atoms with Gasteiger partial charge in [0, 0.05) is 5.39 Å². The fourth-order valence-corrected chi connectivity index (χ4v) is 2.20. The van der Waals surface area contributed by atoms with Gasteiger partial charge in [-0.1, -0.05) is 53.6 Å². The summed E-state index contributed by atoms with van der Waals surface area (Å²) in [5.74, 6) is 0. The molecule has 0 aromatic heterocycles. The van der Waals surface area contributed by atoms with Crippen molar-refractivity contribution < 1.29 is 0 Å². The first-order chi connectivity index (χ1) is 9.72. The van der Waals surface area contributed by atoms with Gasteiger partial charge in [0.15, 0.2) is 0 Å². The van der Waals surface area contributed by atoms with Gasteiger partial charge in [-0.3, -0.25) is 0 Å². The maximum atomic E-state index is 4.39. The van der Waals surface area contributed by atoms with E-state index in [9.17, 15) is 0 Å². The standard InChI is InChI=1S/C18H16N2/c1-13-6-9-16(10-7-13)19-20-18-5-3-4-15-12-14(2)8-11-17(15)18/h3-12H,1-2H3. The van der Waals surface area contributed by atoms with Gasteiger partial charge < -0.3 is 0 Å². The van der Waals surface area contributed by atoms with Crippen molar-refractivity contribution in [2.24, 2.45) is 10.2 Å². The van der Waals surface area contributed by atoms with E-state index in [1.807, 2.05) is 36.4 Å². The van der Waals surface area contributed by atoms with E-state index in [1.54, 1.807) is 0 Å². The first-order valence-electron chi connectivity index (χ1n) is 6.70. The van der Waals surface area contributed by atoms with E-state index in [2.05, 4.69) is 48.3 Å². The molecule has 2 heteroatoms. The van der Waals surface area contributed by atoms with E-state index in [4.69, 9.17) is 0 Å². The Kier molecular flexibility index (Phi) is 3.30. The second-order valence-electron chi connectivity index (χ2n) is 5.04. The third-order valence-corrected chi connectivity index (χ3v) is 3.32. The van der Waals surface area contributed by atoms with Gasteiger partial charge in [0.25, 0.3) is 0 Å². The first kappa shape index (κ1) is 12.5. The molecule has 0 bridgehead atoms. The van der Waals surface area contributed by atoms with Crippen molar-refractivity contribution in [1.82, 2.24) is 0 Å². The number of azo groups is 1. The third kappa shape index (κ3) is 2.59. The van der Waals surface area contributed by atoms with Crippen molar-refractivity contribution in [1.29, 1.82) is 0 Å². The number of aryl methyl sites for hydroxylation is 2. The summed E-state index contributed by atoms with van der Waals surface area (Å²) in [6, 6.07) is 20.5. The molecule has 0 aliphatic heterocycles. The zero-order valence-electron chi connectivity index (χ0n) is 11.7. The van der Waals surface area contributed by atoms with Crippen LogP contribution in [0.25, 0.3) is 10.8 Å². The molecule has 2 nitrogen and oxygen atoms in total. The van der Waals surface area contributed by atoms with Crippen LogP contribution in [0.2, 0.25) is 0 Å². The van der Waals surface area contributed by atoms with Crippen molar-refractivity contribution in [3.63, 3.8) is 0 Å². The molecule has 0 saturated carbocycles. The predicted molar refractivity (Wildman–Crippen MR) is 84.0 cm³/mol. The summed E-state index contributed by atoms with van der Waals surface area (Å²) in [5.41, 5.74) is 4.26. The lowest BCUT2D eigenvalue weighted by Gasteiger charge is -2.02. The maximum absolute atomic E-state index is 4.39. The van der Waals surface area contributed by atoms with Crippen molar-refractivity contribution in [3.05, 3.63) is 71.8 Å². The fourth-order valence-electron chi connectivity index (χ4n) is 2.20.